The highest BCUT2D eigenvalue weighted by molar-refractivity contribution is 6.67. The predicted molar refractivity (Wildman–Crippen MR) is 80.2 cm³/mol. The Hall–Kier alpha value is -1.97. The summed E-state index contributed by atoms with van der Waals surface area (Å²) in [6.07, 6.45) is 0. The van der Waals surface area contributed by atoms with Crippen LogP contribution in [-0.4, -0.2) is 15.2 Å². The Bertz CT molecular complexity index is 801. The molecule has 3 nitrogen and oxygen atoms in total. The first-order chi connectivity index (χ1) is 9.65. The fourth-order valence-corrected chi connectivity index (χ4v) is 2.28. The van der Waals surface area contributed by atoms with Crippen LogP contribution in [0.1, 0.15) is 10.4 Å². The molecule has 3 aromatic rings. The van der Waals surface area contributed by atoms with E-state index in [4.69, 9.17) is 23.2 Å². The fraction of sp³-hybridized carbons (Fsp3) is 0. The number of fused-ring (bicyclic) bond motifs is 1. The van der Waals surface area contributed by atoms with Crippen molar-refractivity contribution in [3.63, 3.8) is 0 Å². The molecule has 0 N–H and O–H groups in total. The molecule has 98 valence electrons. The zero-order valence-electron chi connectivity index (χ0n) is 10.2. The maximum Gasteiger partial charge on any atom is 0.252 e. The van der Waals surface area contributed by atoms with Crippen molar-refractivity contribution in [2.24, 2.45) is 0 Å². The van der Waals surface area contributed by atoms with E-state index in [1.165, 1.54) is 0 Å². The number of nitrogens with zero attached hydrogens (tertiary/aromatic N) is 2. The summed E-state index contributed by atoms with van der Waals surface area (Å²) in [6, 6.07) is 14.3. The summed E-state index contributed by atoms with van der Waals surface area (Å²) in [4.78, 5) is 19.8. The van der Waals surface area contributed by atoms with Crippen LogP contribution in [0.4, 0.5) is 0 Å². The molecule has 5 heteroatoms. The van der Waals surface area contributed by atoms with Gasteiger partial charge in [-0.2, -0.15) is 0 Å². The van der Waals surface area contributed by atoms with Crippen LogP contribution in [0.3, 0.4) is 0 Å². The van der Waals surface area contributed by atoms with Crippen LogP contribution < -0.4 is 0 Å². The van der Waals surface area contributed by atoms with E-state index in [-0.39, 0.29) is 0 Å². The summed E-state index contributed by atoms with van der Waals surface area (Å²) >= 11 is 11.6. The maximum atomic E-state index is 11.0. The Kier molecular flexibility index (Phi) is 3.38. The average Bonchev–Trinajstić information content (AvgIpc) is 2.47. The second-order valence-electron chi connectivity index (χ2n) is 4.21. The second kappa shape index (κ2) is 5.19. The summed E-state index contributed by atoms with van der Waals surface area (Å²) in [7, 11) is 0. The molecule has 0 amide bonds. The lowest BCUT2D eigenvalue weighted by Gasteiger charge is -2.04. The molecule has 0 unspecified atom stereocenters. The van der Waals surface area contributed by atoms with E-state index in [1.807, 2.05) is 24.3 Å². The van der Waals surface area contributed by atoms with Crippen LogP contribution in [0.15, 0.2) is 48.5 Å². The van der Waals surface area contributed by atoms with Crippen molar-refractivity contribution in [3.8, 4) is 11.4 Å². The number of hydrogen-bond acceptors (Lipinski definition) is 3. The summed E-state index contributed by atoms with van der Waals surface area (Å²) in [6.45, 7) is 0. The van der Waals surface area contributed by atoms with Gasteiger partial charge in [0, 0.05) is 16.5 Å². The minimum absolute atomic E-state index is 0.406. The predicted octanol–water partition coefficient (Wildman–Crippen LogP) is 4.33. The molecular weight excluding hydrogens is 295 g/mol. The van der Waals surface area contributed by atoms with Gasteiger partial charge in [-0.05, 0) is 35.9 Å². The molecule has 0 aliphatic rings. The van der Waals surface area contributed by atoms with Crippen molar-refractivity contribution < 1.29 is 4.79 Å². The molecule has 1 heterocycles. The van der Waals surface area contributed by atoms with Gasteiger partial charge in [0.25, 0.3) is 5.24 Å². The van der Waals surface area contributed by atoms with Crippen LogP contribution in [0.25, 0.3) is 22.3 Å². The average molecular weight is 303 g/mol. The van der Waals surface area contributed by atoms with Gasteiger partial charge in [-0.1, -0.05) is 35.9 Å². The van der Waals surface area contributed by atoms with E-state index in [0.29, 0.717) is 16.5 Å². The molecule has 0 radical (unpaired) electrons. The van der Waals surface area contributed by atoms with Gasteiger partial charge in [0.1, 0.15) is 5.15 Å². The molecule has 0 atom stereocenters. The molecule has 0 aliphatic carbocycles. The zero-order valence-corrected chi connectivity index (χ0v) is 11.7. The maximum absolute atomic E-state index is 11.0. The molecule has 20 heavy (non-hydrogen) atoms. The van der Waals surface area contributed by atoms with Gasteiger partial charge >= 0.3 is 0 Å². The lowest BCUT2D eigenvalue weighted by atomic mass is 10.1. The number of para-hydroxylation sites is 1. The topological polar surface area (TPSA) is 42.9 Å². The molecule has 0 saturated carbocycles. The van der Waals surface area contributed by atoms with E-state index in [9.17, 15) is 4.79 Å². The van der Waals surface area contributed by atoms with Crippen LogP contribution in [-0.2, 0) is 0 Å². The molecule has 3 rings (SSSR count). The van der Waals surface area contributed by atoms with Crippen molar-refractivity contribution in [1.82, 2.24) is 9.97 Å². The van der Waals surface area contributed by atoms with Gasteiger partial charge in [-0.15, -0.1) is 0 Å². The third kappa shape index (κ3) is 2.38. The van der Waals surface area contributed by atoms with Crippen molar-refractivity contribution in [3.05, 3.63) is 59.2 Å². The monoisotopic (exact) mass is 302 g/mol. The Morgan fingerprint density at radius 3 is 2.35 bits per heavy atom. The Balaban J connectivity index is 2.12. The molecule has 0 spiro atoms. The molecule has 1 aromatic heterocycles. The molecule has 0 aliphatic heterocycles. The second-order valence-corrected chi connectivity index (χ2v) is 4.91. The number of benzene rings is 2. The highest BCUT2D eigenvalue weighted by atomic mass is 35.5. The smallest absolute Gasteiger partial charge is 0.252 e. The van der Waals surface area contributed by atoms with Gasteiger partial charge in [-0.3, -0.25) is 4.79 Å². The highest BCUT2D eigenvalue weighted by Crippen LogP contribution is 2.24. The largest absolute Gasteiger partial charge is 0.276 e. The SMILES string of the molecule is O=C(Cl)c1ccc(-c2nc(Cl)c3ccccc3n2)cc1. The molecule has 0 fully saturated rings. The standard InChI is InChI=1S/C15H8Cl2N2O/c16-13-11-3-1-2-4-12(11)18-15(19-13)10-7-5-9(6-8-10)14(17)20/h1-8H. The minimum Gasteiger partial charge on any atom is -0.276 e. The highest BCUT2D eigenvalue weighted by Gasteiger charge is 2.08. The molecule has 0 bridgehead atoms. The minimum atomic E-state index is -0.492. The van der Waals surface area contributed by atoms with E-state index in [1.54, 1.807) is 24.3 Å². The number of rotatable bonds is 2. The molecule has 2 aromatic carbocycles. The number of carbonyl (C=O) groups is 1. The van der Waals surface area contributed by atoms with Crippen molar-refractivity contribution in [2.45, 2.75) is 0 Å². The Labute approximate surface area is 125 Å². The summed E-state index contributed by atoms with van der Waals surface area (Å²) < 4.78 is 0. The molecule has 0 saturated heterocycles. The lowest BCUT2D eigenvalue weighted by molar-refractivity contribution is 0.108. The number of hydrogen-bond donors (Lipinski definition) is 0. The van der Waals surface area contributed by atoms with Crippen LogP contribution in [0, 0.1) is 0 Å². The normalized spacial score (nSPS) is 10.7. The first-order valence-electron chi connectivity index (χ1n) is 5.88. The zero-order chi connectivity index (χ0) is 14.1. The van der Waals surface area contributed by atoms with E-state index in [0.717, 1.165) is 16.5 Å². The van der Waals surface area contributed by atoms with Gasteiger partial charge in [0.15, 0.2) is 5.82 Å². The Morgan fingerprint density at radius 2 is 1.65 bits per heavy atom. The van der Waals surface area contributed by atoms with E-state index < -0.39 is 5.24 Å². The van der Waals surface area contributed by atoms with E-state index in [2.05, 4.69) is 9.97 Å². The van der Waals surface area contributed by atoms with Crippen molar-refractivity contribution in [2.75, 3.05) is 0 Å². The quantitative estimate of drug-likeness (QED) is 0.523. The van der Waals surface area contributed by atoms with Crippen molar-refractivity contribution in [1.29, 1.82) is 0 Å². The van der Waals surface area contributed by atoms with Gasteiger partial charge < -0.3 is 0 Å². The Morgan fingerprint density at radius 1 is 0.950 bits per heavy atom. The number of carbonyl (C=O) groups excluding carboxylic acids is 1. The summed E-state index contributed by atoms with van der Waals surface area (Å²) in [5.74, 6) is 0.516. The van der Waals surface area contributed by atoms with Crippen molar-refractivity contribution >= 4 is 39.3 Å². The first-order valence-corrected chi connectivity index (χ1v) is 6.63. The third-order valence-corrected chi connectivity index (χ3v) is 3.43. The van der Waals surface area contributed by atoms with Gasteiger partial charge in [0.05, 0.1) is 5.52 Å². The van der Waals surface area contributed by atoms with Crippen LogP contribution >= 0.6 is 23.2 Å². The van der Waals surface area contributed by atoms with E-state index >= 15 is 0 Å². The van der Waals surface area contributed by atoms with Gasteiger partial charge in [0.2, 0.25) is 0 Å². The lowest BCUT2D eigenvalue weighted by Crippen LogP contribution is -1.93. The summed E-state index contributed by atoms with van der Waals surface area (Å²) in [5.41, 5.74) is 1.99. The van der Waals surface area contributed by atoms with Crippen LogP contribution in [0.5, 0.6) is 0 Å². The first kappa shape index (κ1) is 13.0. The number of aromatic nitrogens is 2. The fourth-order valence-electron chi connectivity index (χ4n) is 1.92. The van der Waals surface area contributed by atoms with Crippen LogP contribution in [0.2, 0.25) is 5.15 Å². The van der Waals surface area contributed by atoms with Gasteiger partial charge in [-0.25, -0.2) is 9.97 Å². The third-order valence-electron chi connectivity index (χ3n) is 2.93. The molecular formula is C15H8Cl2N2O. The number of halogens is 2. The summed E-state index contributed by atoms with van der Waals surface area (Å²) in [5, 5.41) is 0.725.